The van der Waals surface area contributed by atoms with E-state index in [4.69, 9.17) is 0 Å². The van der Waals surface area contributed by atoms with Crippen molar-refractivity contribution in [3.63, 3.8) is 0 Å². The highest BCUT2D eigenvalue weighted by Crippen LogP contribution is 2.30. The Labute approximate surface area is 224 Å². The van der Waals surface area contributed by atoms with Gasteiger partial charge >= 0.3 is 6.18 Å². The van der Waals surface area contributed by atoms with Gasteiger partial charge in [0.1, 0.15) is 0 Å². The third-order valence-corrected chi connectivity index (χ3v) is 7.42. The average Bonchev–Trinajstić information content (AvgIpc) is 2.93. The average molecular weight is 523 g/mol. The molecule has 0 aliphatic carbocycles. The van der Waals surface area contributed by atoms with Crippen LogP contribution in [0.15, 0.2) is 78.9 Å². The molecule has 3 nitrogen and oxygen atoms in total. The number of unbranched alkanes of at least 4 members (excludes halogenated alkanes) is 2. The Hall–Kier alpha value is -3.12. The van der Waals surface area contributed by atoms with Gasteiger partial charge in [-0.2, -0.15) is 13.2 Å². The van der Waals surface area contributed by atoms with Crippen LogP contribution in [0.25, 0.3) is 0 Å². The molecule has 1 aliphatic rings. The predicted molar refractivity (Wildman–Crippen MR) is 145 cm³/mol. The monoisotopic (exact) mass is 522 g/mol. The first-order chi connectivity index (χ1) is 18.3. The molecule has 202 valence electrons. The number of aryl methyl sites for hydroxylation is 1. The molecular formula is C32H37F3N2O. The van der Waals surface area contributed by atoms with Crippen molar-refractivity contribution < 1.29 is 18.0 Å². The van der Waals surface area contributed by atoms with Gasteiger partial charge in [0.25, 0.3) is 5.91 Å². The quantitative estimate of drug-likeness (QED) is 0.252. The molecule has 1 heterocycles. The Morgan fingerprint density at radius 2 is 1.47 bits per heavy atom. The number of hydrogen-bond donors (Lipinski definition) is 0. The van der Waals surface area contributed by atoms with Gasteiger partial charge in [0.2, 0.25) is 0 Å². The molecule has 0 saturated carbocycles. The van der Waals surface area contributed by atoms with Crippen molar-refractivity contribution in [2.45, 2.75) is 64.6 Å². The molecule has 3 aromatic rings. The van der Waals surface area contributed by atoms with Gasteiger partial charge in [-0.1, -0.05) is 74.4 Å². The zero-order valence-corrected chi connectivity index (χ0v) is 22.1. The highest BCUT2D eigenvalue weighted by atomic mass is 19.4. The number of benzene rings is 3. The second-order valence-corrected chi connectivity index (χ2v) is 10.3. The van der Waals surface area contributed by atoms with E-state index >= 15 is 0 Å². The van der Waals surface area contributed by atoms with Crippen LogP contribution >= 0.6 is 0 Å². The van der Waals surface area contributed by atoms with Crippen molar-refractivity contribution in [2.75, 3.05) is 13.1 Å². The zero-order chi connectivity index (χ0) is 27.0. The van der Waals surface area contributed by atoms with Crippen molar-refractivity contribution in [1.82, 2.24) is 10.0 Å². The molecule has 1 saturated heterocycles. The van der Waals surface area contributed by atoms with E-state index in [1.807, 2.05) is 30.3 Å². The second-order valence-electron chi connectivity index (χ2n) is 10.3. The van der Waals surface area contributed by atoms with Gasteiger partial charge in [-0.3, -0.25) is 9.80 Å². The topological polar surface area (TPSA) is 23.6 Å². The number of rotatable bonds is 10. The van der Waals surface area contributed by atoms with E-state index in [1.165, 1.54) is 29.7 Å². The molecule has 3 aromatic carbocycles. The molecule has 1 fully saturated rings. The normalized spacial score (nSPS) is 14.9. The third kappa shape index (κ3) is 7.70. The largest absolute Gasteiger partial charge is 0.416 e. The van der Waals surface area contributed by atoms with E-state index in [0.717, 1.165) is 63.7 Å². The van der Waals surface area contributed by atoms with Gasteiger partial charge < -0.3 is 0 Å². The number of nitrogens with zero attached hydrogens (tertiary/aromatic N) is 2. The SMILES string of the molecule is CCCCCc1ccc(C(=O)N(Cc2ccc(C(F)(F)F)cc2)N2CCC(Cc3ccccc3)CC2)cc1. The highest BCUT2D eigenvalue weighted by Gasteiger charge is 2.31. The van der Waals surface area contributed by atoms with Crippen LogP contribution < -0.4 is 0 Å². The summed E-state index contributed by atoms with van der Waals surface area (Å²) in [6.45, 7) is 3.88. The number of carbonyl (C=O) groups is 1. The lowest BCUT2D eigenvalue weighted by atomic mass is 9.90. The van der Waals surface area contributed by atoms with Gasteiger partial charge in [0.15, 0.2) is 0 Å². The molecule has 0 unspecified atom stereocenters. The summed E-state index contributed by atoms with van der Waals surface area (Å²) >= 11 is 0. The minimum Gasteiger partial charge on any atom is -0.268 e. The van der Waals surface area contributed by atoms with Crippen LogP contribution in [-0.2, 0) is 25.6 Å². The lowest BCUT2D eigenvalue weighted by Gasteiger charge is -2.40. The predicted octanol–water partition coefficient (Wildman–Crippen LogP) is 7.95. The maximum atomic E-state index is 13.7. The van der Waals surface area contributed by atoms with Gasteiger partial charge in [0.05, 0.1) is 12.1 Å². The Morgan fingerprint density at radius 1 is 0.842 bits per heavy atom. The molecule has 0 spiro atoms. The molecule has 0 atom stereocenters. The van der Waals surface area contributed by atoms with Crippen molar-refractivity contribution in [2.24, 2.45) is 5.92 Å². The molecule has 6 heteroatoms. The number of piperidine rings is 1. The van der Waals surface area contributed by atoms with Gasteiger partial charge in [-0.05, 0) is 79.0 Å². The van der Waals surface area contributed by atoms with E-state index in [-0.39, 0.29) is 12.5 Å². The van der Waals surface area contributed by atoms with Crippen LogP contribution in [0.4, 0.5) is 13.2 Å². The lowest BCUT2D eigenvalue weighted by molar-refractivity contribution is -0.137. The lowest BCUT2D eigenvalue weighted by Crippen LogP contribution is -2.49. The van der Waals surface area contributed by atoms with Crippen LogP contribution in [0.2, 0.25) is 0 Å². The van der Waals surface area contributed by atoms with Crippen molar-refractivity contribution in [3.05, 3.63) is 107 Å². The molecule has 38 heavy (non-hydrogen) atoms. The number of halogens is 3. The van der Waals surface area contributed by atoms with Crippen LogP contribution in [-0.4, -0.2) is 29.0 Å². The number of hydrogen-bond acceptors (Lipinski definition) is 2. The summed E-state index contributed by atoms with van der Waals surface area (Å²) < 4.78 is 39.2. The smallest absolute Gasteiger partial charge is 0.268 e. The summed E-state index contributed by atoms with van der Waals surface area (Å²) in [5.41, 5.74) is 3.13. The molecule has 1 aliphatic heterocycles. The molecule has 1 amide bonds. The first-order valence-corrected chi connectivity index (χ1v) is 13.7. The highest BCUT2D eigenvalue weighted by molar-refractivity contribution is 5.94. The summed E-state index contributed by atoms with van der Waals surface area (Å²) in [7, 11) is 0. The standard InChI is InChI=1S/C32H37F3N2O/c1-2-3-5-8-25-11-15-29(16-12-25)31(38)37(24-28-13-17-30(18-14-28)32(33,34)35)36-21-19-27(20-22-36)23-26-9-6-4-7-10-26/h4,6-7,9-18,27H,2-3,5,8,19-24H2,1H3. The Morgan fingerprint density at radius 3 is 2.08 bits per heavy atom. The molecule has 0 N–H and O–H groups in total. The van der Waals surface area contributed by atoms with Crippen molar-refractivity contribution >= 4 is 5.91 Å². The van der Waals surface area contributed by atoms with Gasteiger partial charge in [0, 0.05) is 18.7 Å². The van der Waals surface area contributed by atoms with E-state index in [1.54, 1.807) is 5.01 Å². The number of alkyl halides is 3. The minimum absolute atomic E-state index is 0.119. The fraction of sp³-hybridized carbons (Fsp3) is 0.406. The molecule has 4 rings (SSSR count). The first kappa shape index (κ1) is 27.9. The Balaban J connectivity index is 1.48. The fourth-order valence-electron chi connectivity index (χ4n) is 5.13. The maximum absolute atomic E-state index is 13.7. The van der Waals surface area contributed by atoms with E-state index in [9.17, 15) is 18.0 Å². The zero-order valence-electron chi connectivity index (χ0n) is 22.1. The summed E-state index contributed by atoms with van der Waals surface area (Å²) in [6.07, 6.45) is 3.02. The molecule has 0 radical (unpaired) electrons. The molecule has 0 aromatic heterocycles. The number of amides is 1. The third-order valence-electron chi connectivity index (χ3n) is 7.42. The second kappa shape index (κ2) is 13.1. The van der Waals surface area contributed by atoms with Crippen molar-refractivity contribution in [3.8, 4) is 0 Å². The minimum atomic E-state index is -4.38. The first-order valence-electron chi connectivity index (χ1n) is 13.7. The van der Waals surface area contributed by atoms with Crippen molar-refractivity contribution in [1.29, 1.82) is 0 Å². The molecule has 0 bridgehead atoms. The summed E-state index contributed by atoms with van der Waals surface area (Å²) in [5.74, 6) is 0.422. The van der Waals surface area contributed by atoms with Crippen LogP contribution in [0, 0.1) is 5.92 Å². The maximum Gasteiger partial charge on any atom is 0.416 e. The fourth-order valence-corrected chi connectivity index (χ4v) is 5.13. The van der Waals surface area contributed by atoms with Gasteiger partial charge in [-0.25, -0.2) is 5.01 Å². The van der Waals surface area contributed by atoms with E-state index in [0.29, 0.717) is 17.0 Å². The van der Waals surface area contributed by atoms with Crippen LogP contribution in [0.5, 0.6) is 0 Å². The number of hydrazine groups is 1. The van der Waals surface area contributed by atoms with Crippen LogP contribution in [0.1, 0.15) is 71.6 Å². The number of carbonyl (C=O) groups excluding carboxylic acids is 1. The van der Waals surface area contributed by atoms with Gasteiger partial charge in [-0.15, -0.1) is 0 Å². The Bertz CT molecular complexity index is 1140. The van der Waals surface area contributed by atoms with E-state index < -0.39 is 11.7 Å². The summed E-state index contributed by atoms with van der Waals surface area (Å²) in [6, 6.07) is 23.4. The Kier molecular flexibility index (Phi) is 9.62. The summed E-state index contributed by atoms with van der Waals surface area (Å²) in [5, 5.41) is 3.81. The molecular weight excluding hydrogens is 485 g/mol. The van der Waals surface area contributed by atoms with Crippen LogP contribution in [0.3, 0.4) is 0 Å². The summed E-state index contributed by atoms with van der Waals surface area (Å²) in [4.78, 5) is 13.7. The van der Waals surface area contributed by atoms with E-state index in [2.05, 4.69) is 36.2 Å².